The van der Waals surface area contributed by atoms with Crippen molar-refractivity contribution in [3.05, 3.63) is 23.3 Å². The number of nitrogens with two attached hydrogens (primary N) is 1. The van der Waals surface area contributed by atoms with Crippen LogP contribution in [0.2, 0.25) is 0 Å². The molecule has 0 spiro atoms. The van der Waals surface area contributed by atoms with Crippen LogP contribution >= 0.6 is 23.3 Å². The van der Waals surface area contributed by atoms with Gasteiger partial charge in [0.1, 0.15) is 0 Å². The molecule has 3 nitrogen and oxygen atoms in total. The van der Waals surface area contributed by atoms with Gasteiger partial charge in [-0.25, -0.2) is 4.98 Å². The molecule has 2 heterocycles. The van der Waals surface area contributed by atoms with Gasteiger partial charge in [-0.1, -0.05) is 6.07 Å². The van der Waals surface area contributed by atoms with Crippen LogP contribution in [-0.2, 0) is 17.6 Å². The normalized spacial score (nSPS) is 16.1. The van der Waals surface area contributed by atoms with Crippen LogP contribution in [0, 0.1) is 0 Å². The topological polar surface area (TPSA) is 48.1 Å². The highest BCUT2D eigenvalue weighted by Gasteiger charge is 2.14. The minimum Gasteiger partial charge on any atom is -0.381 e. The highest BCUT2D eigenvalue weighted by Crippen LogP contribution is 2.31. The van der Waals surface area contributed by atoms with Crippen molar-refractivity contribution in [3.63, 3.8) is 0 Å². The third-order valence-electron chi connectivity index (χ3n) is 2.86. The lowest BCUT2D eigenvalue weighted by atomic mass is 10.0. The minimum absolute atomic E-state index is 0.800. The molecule has 2 N–H and O–H groups in total. The van der Waals surface area contributed by atoms with E-state index in [1.807, 2.05) is 0 Å². The zero-order chi connectivity index (χ0) is 11.0. The number of benzene rings is 1. The molecule has 0 atom stereocenters. The van der Waals surface area contributed by atoms with Crippen molar-refractivity contribution >= 4 is 33.5 Å². The molecule has 5 heteroatoms. The molecule has 84 valence electrons. The molecule has 0 fully saturated rings. The van der Waals surface area contributed by atoms with Gasteiger partial charge in [0.05, 0.1) is 23.4 Å². The second-order valence-corrected chi connectivity index (χ2v) is 5.67. The van der Waals surface area contributed by atoms with Gasteiger partial charge in [-0.05, 0) is 42.0 Å². The summed E-state index contributed by atoms with van der Waals surface area (Å²) in [6.07, 6.45) is 1.96. The molecule has 0 amide bonds. The number of nitrogens with zero attached hydrogens (tertiary/aromatic N) is 1. The quantitative estimate of drug-likeness (QED) is 0.792. The van der Waals surface area contributed by atoms with E-state index < -0.39 is 0 Å². The van der Waals surface area contributed by atoms with E-state index in [-0.39, 0.29) is 0 Å². The van der Waals surface area contributed by atoms with E-state index in [0.717, 1.165) is 35.9 Å². The van der Waals surface area contributed by atoms with Gasteiger partial charge in [0, 0.05) is 0 Å². The van der Waals surface area contributed by atoms with E-state index in [1.54, 1.807) is 11.3 Å². The molecule has 0 unspecified atom stereocenters. The Balaban J connectivity index is 2.20. The summed E-state index contributed by atoms with van der Waals surface area (Å²) in [4.78, 5) is 4.59. The fourth-order valence-corrected chi connectivity index (χ4v) is 3.42. The van der Waals surface area contributed by atoms with E-state index in [1.165, 1.54) is 27.8 Å². The van der Waals surface area contributed by atoms with Gasteiger partial charge in [-0.15, -0.1) is 11.3 Å². The van der Waals surface area contributed by atoms with Crippen molar-refractivity contribution in [2.45, 2.75) is 17.2 Å². The standard InChI is InChI=1S/C11H12N2OS2/c12-16-11-13-10-8-4-6-14-5-3-7(8)1-2-9(10)15-11/h1-2H,3-6,12H2. The second kappa shape index (κ2) is 4.33. The van der Waals surface area contributed by atoms with Crippen molar-refractivity contribution in [1.29, 1.82) is 0 Å². The first-order chi connectivity index (χ1) is 7.88. The van der Waals surface area contributed by atoms with Crippen molar-refractivity contribution in [2.75, 3.05) is 13.2 Å². The summed E-state index contributed by atoms with van der Waals surface area (Å²) in [6.45, 7) is 1.62. The van der Waals surface area contributed by atoms with Crippen LogP contribution in [0.3, 0.4) is 0 Å². The van der Waals surface area contributed by atoms with Crippen LogP contribution < -0.4 is 5.14 Å². The Kier molecular flexibility index (Phi) is 2.85. The van der Waals surface area contributed by atoms with Crippen LogP contribution in [-0.4, -0.2) is 18.2 Å². The summed E-state index contributed by atoms with van der Waals surface area (Å²) in [6, 6.07) is 4.35. The van der Waals surface area contributed by atoms with Gasteiger partial charge < -0.3 is 4.74 Å². The Labute approximate surface area is 102 Å². The van der Waals surface area contributed by atoms with E-state index >= 15 is 0 Å². The Morgan fingerprint density at radius 1 is 1.31 bits per heavy atom. The molecule has 3 rings (SSSR count). The summed E-state index contributed by atoms with van der Waals surface area (Å²) in [5, 5.41) is 5.56. The summed E-state index contributed by atoms with van der Waals surface area (Å²) < 4.78 is 7.67. The lowest BCUT2D eigenvalue weighted by Gasteiger charge is -2.04. The molecule has 1 aliphatic rings. The number of hydrogen-bond donors (Lipinski definition) is 1. The maximum atomic E-state index is 5.56. The maximum Gasteiger partial charge on any atom is 0.165 e. The van der Waals surface area contributed by atoms with E-state index in [4.69, 9.17) is 9.88 Å². The molecule has 1 aromatic carbocycles. The van der Waals surface area contributed by atoms with Crippen LogP contribution in [0.25, 0.3) is 10.2 Å². The smallest absolute Gasteiger partial charge is 0.165 e. The van der Waals surface area contributed by atoms with Crippen molar-refractivity contribution in [2.24, 2.45) is 5.14 Å². The first-order valence-corrected chi connectivity index (χ1v) is 6.94. The summed E-state index contributed by atoms with van der Waals surface area (Å²) in [5.41, 5.74) is 3.86. The number of fused-ring (bicyclic) bond motifs is 3. The highest BCUT2D eigenvalue weighted by atomic mass is 32.2. The Hall–Kier alpha value is -0.620. The van der Waals surface area contributed by atoms with Gasteiger partial charge in [-0.2, -0.15) is 0 Å². The number of ether oxygens (including phenoxy) is 1. The molecule has 2 aromatic rings. The SMILES string of the molecule is NSc1nc2c3c(ccc2s1)CCOCC3. The molecular weight excluding hydrogens is 240 g/mol. The van der Waals surface area contributed by atoms with Crippen LogP contribution in [0.1, 0.15) is 11.1 Å². The summed E-state index contributed by atoms with van der Waals surface area (Å²) >= 11 is 2.89. The molecule has 0 radical (unpaired) electrons. The van der Waals surface area contributed by atoms with Crippen molar-refractivity contribution in [1.82, 2.24) is 4.98 Å². The Morgan fingerprint density at radius 3 is 3.06 bits per heavy atom. The van der Waals surface area contributed by atoms with E-state index in [2.05, 4.69) is 17.1 Å². The minimum atomic E-state index is 0.800. The first kappa shape index (κ1) is 10.5. The number of hydrogen-bond acceptors (Lipinski definition) is 5. The monoisotopic (exact) mass is 252 g/mol. The van der Waals surface area contributed by atoms with Crippen LogP contribution in [0.5, 0.6) is 0 Å². The molecular formula is C11H12N2OS2. The largest absolute Gasteiger partial charge is 0.381 e. The third kappa shape index (κ3) is 1.73. The predicted octanol–water partition coefficient (Wildman–Crippen LogP) is 2.38. The average Bonchev–Trinajstić information content (AvgIpc) is 2.59. The van der Waals surface area contributed by atoms with Gasteiger partial charge in [-0.3, -0.25) is 5.14 Å². The average molecular weight is 252 g/mol. The van der Waals surface area contributed by atoms with Gasteiger partial charge in [0.15, 0.2) is 4.34 Å². The Morgan fingerprint density at radius 2 is 2.19 bits per heavy atom. The van der Waals surface area contributed by atoms with Crippen LogP contribution in [0.15, 0.2) is 16.5 Å². The first-order valence-electron chi connectivity index (χ1n) is 5.24. The molecule has 0 aliphatic carbocycles. The van der Waals surface area contributed by atoms with Crippen LogP contribution in [0.4, 0.5) is 0 Å². The lowest BCUT2D eigenvalue weighted by molar-refractivity contribution is 0.146. The summed E-state index contributed by atoms with van der Waals surface area (Å²) in [7, 11) is 0. The predicted molar refractivity (Wildman–Crippen MR) is 67.9 cm³/mol. The number of aromatic nitrogens is 1. The van der Waals surface area contributed by atoms with Crippen molar-refractivity contribution < 1.29 is 4.74 Å². The second-order valence-electron chi connectivity index (χ2n) is 3.76. The van der Waals surface area contributed by atoms with Gasteiger partial charge in [0.25, 0.3) is 0 Å². The van der Waals surface area contributed by atoms with E-state index in [0.29, 0.717) is 0 Å². The molecule has 1 aromatic heterocycles. The molecule has 16 heavy (non-hydrogen) atoms. The Bertz CT molecular complexity index is 524. The maximum absolute atomic E-state index is 5.56. The highest BCUT2D eigenvalue weighted by molar-refractivity contribution is 7.99. The third-order valence-corrected chi connectivity index (χ3v) is 4.50. The number of thiazole rings is 1. The zero-order valence-corrected chi connectivity index (χ0v) is 10.4. The fraction of sp³-hybridized carbons (Fsp3) is 0.364. The number of rotatable bonds is 1. The molecule has 0 saturated heterocycles. The van der Waals surface area contributed by atoms with Gasteiger partial charge in [0.2, 0.25) is 0 Å². The van der Waals surface area contributed by atoms with Gasteiger partial charge >= 0.3 is 0 Å². The molecule has 0 saturated carbocycles. The molecule has 1 aliphatic heterocycles. The van der Waals surface area contributed by atoms with Crippen molar-refractivity contribution in [3.8, 4) is 0 Å². The van der Waals surface area contributed by atoms with E-state index in [9.17, 15) is 0 Å². The molecule has 0 bridgehead atoms. The fourth-order valence-electron chi connectivity index (χ4n) is 2.09. The summed E-state index contributed by atoms with van der Waals surface area (Å²) in [5.74, 6) is 0. The zero-order valence-electron chi connectivity index (χ0n) is 8.73. The lowest BCUT2D eigenvalue weighted by Crippen LogP contribution is -1.95.